The fourth-order valence-corrected chi connectivity index (χ4v) is 3.34. The third-order valence-corrected chi connectivity index (χ3v) is 4.69. The highest BCUT2D eigenvalue weighted by Crippen LogP contribution is 2.37. The van der Waals surface area contributed by atoms with Gasteiger partial charge in [0, 0.05) is 12.2 Å². The Bertz CT molecular complexity index is 805. The molecule has 0 radical (unpaired) electrons. The number of halogens is 1. The van der Waals surface area contributed by atoms with Gasteiger partial charge in [0.1, 0.15) is 5.82 Å². The van der Waals surface area contributed by atoms with Gasteiger partial charge < -0.3 is 5.32 Å². The molecule has 1 unspecified atom stereocenters. The van der Waals surface area contributed by atoms with Crippen LogP contribution in [-0.4, -0.2) is 20.6 Å². The third-order valence-electron chi connectivity index (χ3n) is 4.69. The predicted octanol–water partition coefficient (Wildman–Crippen LogP) is 3.47. The zero-order valence-electron chi connectivity index (χ0n) is 13.0. The summed E-state index contributed by atoms with van der Waals surface area (Å²) in [4.78, 5) is 0. The van der Waals surface area contributed by atoms with Crippen molar-refractivity contribution in [2.45, 2.75) is 37.8 Å². The first-order valence-electron chi connectivity index (χ1n) is 8.02. The van der Waals surface area contributed by atoms with E-state index >= 15 is 0 Å². The van der Waals surface area contributed by atoms with Crippen molar-refractivity contribution in [1.82, 2.24) is 19.9 Å². The molecule has 0 bridgehead atoms. The Labute approximate surface area is 134 Å². The molecule has 0 spiro atoms. The predicted molar refractivity (Wildman–Crippen MR) is 86.7 cm³/mol. The van der Waals surface area contributed by atoms with Gasteiger partial charge in [-0.15, -0.1) is 10.2 Å². The normalized spacial score (nSPS) is 22.0. The van der Waals surface area contributed by atoms with Crippen LogP contribution >= 0.6 is 0 Å². The number of nitrogens with zero attached hydrogens (tertiary/aromatic N) is 3. The van der Waals surface area contributed by atoms with Crippen LogP contribution in [-0.2, 0) is 0 Å². The number of hydrogen-bond acceptors (Lipinski definition) is 3. The molecule has 1 aliphatic carbocycles. The Morgan fingerprint density at radius 2 is 1.91 bits per heavy atom. The summed E-state index contributed by atoms with van der Waals surface area (Å²) < 4.78 is 15.0. The van der Waals surface area contributed by atoms with Crippen LogP contribution in [0.3, 0.4) is 0 Å². The highest BCUT2D eigenvalue weighted by molar-refractivity contribution is 5.37. The first-order chi connectivity index (χ1) is 11.2. The summed E-state index contributed by atoms with van der Waals surface area (Å²) in [5.74, 6) is 1.29. The van der Waals surface area contributed by atoms with Crippen molar-refractivity contribution in [3.63, 3.8) is 0 Å². The highest BCUT2D eigenvalue weighted by Gasteiger charge is 2.31. The summed E-state index contributed by atoms with van der Waals surface area (Å²) >= 11 is 0. The maximum absolute atomic E-state index is 13.0. The summed E-state index contributed by atoms with van der Waals surface area (Å²) in [5, 5.41) is 12.1. The van der Waals surface area contributed by atoms with Crippen molar-refractivity contribution < 1.29 is 4.39 Å². The minimum absolute atomic E-state index is 0.145. The lowest BCUT2D eigenvalue weighted by molar-refractivity contribution is 0.267. The van der Waals surface area contributed by atoms with E-state index in [1.165, 1.54) is 5.56 Å². The molecule has 4 nitrogen and oxygen atoms in total. The summed E-state index contributed by atoms with van der Waals surface area (Å²) in [6.07, 6.45) is 4.14. The molecule has 4 rings (SSSR count). The van der Waals surface area contributed by atoms with E-state index in [0.29, 0.717) is 12.0 Å². The summed E-state index contributed by atoms with van der Waals surface area (Å²) in [7, 11) is 0. The smallest absolute Gasteiger partial charge is 0.160 e. The highest BCUT2D eigenvalue weighted by atomic mass is 19.1. The third kappa shape index (κ3) is 2.72. The largest absolute Gasteiger partial charge is 0.305 e. The Hall–Kier alpha value is -2.27. The van der Waals surface area contributed by atoms with E-state index in [2.05, 4.69) is 22.4 Å². The second kappa shape index (κ2) is 5.74. The fraction of sp³-hybridized carbons (Fsp3) is 0.333. The zero-order chi connectivity index (χ0) is 15.8. The van der Waals surface area contributed by atoms with Gasteiger partial charge in [0.05, 0.1) is 6.04 Å². The molecule has 0 saturated heterocycles. The van der Waals surface area contributed by atoms with Crippen LogP contribution in [0.15, 0.2) is 48.7 Å². The molecule has 3 aromatic rings. The van der Waals surface area contributed by atoms with Crippen LogP contribution < -0.4 is 5.32 Å². The maximum atomic E-state index is 13.0. The Balaban J connectivity index is 1.39. The zero-order valence-corrected chi connectivity index (χ0v) is 13.0. The van der Waals surface area contributed by atoms with E-state index in [1.54, 1.807) is 12.1 Å². The molecule has 1 N–H and O–H groups in total. The molecule has 1 fully saturated rings. The Morgan fingerprint density at radius 1 is 1.13 bits per heavy atom. The summed E-state index contributed by atoms with van der Waals surface area (Å²) in [5.41, 5.74) is 2.10. The van der Waals surface area contributed by atoms with Crippen molar-refractivity contribution in [2.24, 2.45) is 0 Å². The van der Waals surface area contributed by atoms with Gasteiger partial charge >= 0.3 is 0 Å². The topological polar surface area (TPSA) is 42.2 Å². The summed E-state index contributed by atoms with van der Waals surface area (Å²) in [6.45, 7) is 2.12. The molecule has 1 saturated carbocycles. The number of rotatable bonds is 4. The average molecular weight is 310 g/mol. The number of fused-ring (bicyclic) bond motifs is 1. The molecule has 2 aromatic heterocycles. The van der Waals surface area contributed by atoms with Crippen LogP contribution in [0.4, 0.5) is 4.39 Å². The van der Waals surface area contributed by atoms with Crippen LogP contribution in [0.1, 0.15) is 43.1 Å². The van der Waals surface area contributed by atoms with Crippen LogP contribution in [0.5, 0.6) is 0 Å². The van der Waals surface area contributed by atoms with E-state index in [-0.39, 0.29) is 11.9 Å². The molecule has 5 heteroatoms. The number of pyridine rings is 1. The monoisotopic (exact) mass is 310 g/mol. The fourth-order valence-electron chi connectivity index (χ4n) is 3.34. The molecule has 1 aromatic carbocycles. The average Bonchev–Trinajstić information content (AvgIpc) is 2.95. The lowest BCUT2D eigenvalue weighted by Crippen LogP contribution is -2.41. The molecule has 0 amide bonds. The molecular formula is C18H19FN4. The van der Waals surface area contributed by atoms with Gasteiger partial charge in [-0.2, -0.15) is 0 Å². The number of nitrogens with one attached hydrogen (secondary N) is 1. The molecule has 1 aliphatic rings. The minimum atomic E-state index is -0.171. The van der Waals surface area contributed by atoms with Crippen LogP contribution in [0, 0.1) is 5.82 Å². The second-order valence-electron chi connectivity index (χ2n) is 6.29. The lowest BCUT2D eigenvalue weighted by atomic mass is 9.75. The van der Waals surface area contributed by atoms with Gasteiger partial charge in [-0.3, -0.25) is 4.40 Å². The second-order valence-corrected chi connectivity index (χ2v) is 6.29. The van der Waals surface area contributed by atoms with E-state index in [1.807, 2.05) is 40.9 Å². The Kier molecular flexibility index (Phi) is 3.58. The molecule has 0 aliphatic heterocycles. The minimum Gasteiger partial charge on any atom is -0.305 e. The van der Waals surface area contributed by atoms with E-state index in [0.717, 1.165) is 24.3 Å². The molecule has 23 heavy (non-hydrogen) atoms. The van der Waals surface area contributed by atoms with Gasteiger partial charge in [-0.05, 0) is 55.5 Å². The Morgan fingerprint density at radius 3 is 2.70 bits per heavy atom. The van der Waals surface area contributed by atoms with Gasteiger partial charge in [-0.25, -0.2) is 4.39 Å². The van der Waals surface area contributed by atoms with Crippen molar-refractivity contribution in [3.8, 4) is 0 Å². The molecule has 1 atom stereocenters. The van der Waals surface area contributed by atoms with Crippen molar-refractivity contribution in [3.05, 3.63) is 65.9 Å². The number of benzene rings is 1. The lowest BCUT2D eigenvalue weighted by Gasteiger charge is -2.37. The first kappa shape index (κ1) is 14.3. The molecule has 2 heterocycles. The van der Waals surface area contributed by atoms with Crippen LogP contribution in [0.2, 0.25) is 0 Å². The van der Waals surface area contributed by atoms with Crippen LogP contribution in [0.25, 0.3) is 5.65 Å². The van der Waals surface area contributed by atoms with Gasteiger partial charge in [0.15, 0.2) is 11.5 Å². The van der Waals surface area contributed by atoms with E-state index in [9.17, 15) is 4.39 Å². The van der Waals surface area contributed by atoms with Crippen molar-refractivity contribution in [1.29, 1.82) is 0 Å². The van der Waals surface area contributed by atoms with Gasteiger partial charge in [0.25, 0.3) is 0 Å². The van der Waals surface area contributed by atoms with E-state index in [4.69, 9.17) is 0 Å². The number of aromatic nitrogens is 3. The first-order valence-corrected chi connectivity index (χ1v) is 8.02. The maximum Gasteiger partial charge on any atom is 0.160 e. The number of hydrogen-bond donors (Lipinski definition) is 1. The summed E-state index contributed by atoms with van der Waals surface area (Å²) in [6, 6.07) is 13.4. The van der Waals surface area contributed by atoms with Gasteiger partial charge in [-0.1, -0.05) is 18.2 Å². The molecule has 118 valence electrons. The van der Waals surface area contributed by atoms with Gasteiger partial charge in [0.2, 0.25) is 0 Å². The van der Waals surface area contributed by atoms with E-state index < -0.39 is 0 Å². The quantitative estimate of drug-likeness (QED) is 0.802. The van der Waals surface area contributed by atoms with Crippen molar-refractivity contribution >= 4 is 5.65 Å². The molecular weight excluding hydrogens is 291 g/mol. The van der Waals surface area contributed by atoms with Crippen molar-refractivity contribution in [2.75, 3.05) is 0 Å². The SMILES string of the molecule is CC(NC1CC(c2ccc(F)cc2)C1)c1nnc2ccccn12. The standard InChI is InChI=1S/C18H19FN4/c1-12(18-22-21-17-4-2-3-9-23(17)18)20-16-10-14(11-16)13-5-7-15(19)8-6-13/h2-9,12,14,16,20H,10-11H2,1H3.